The topological polar surface area (TPSA) is 69.2 Å². The lowest BCUT2D eigenvalue weighted by Gasteiger charge is -2.32. The Balaban J connectivity index is 1.82. The smallest absolute Gasteiger partial charge is 0.272 e. The van der Waals surface area contributed by atoms with Crippen molar-refractivity contribution in [1.29, 1.82) is 0 Å². The van der Waals surface area contributed by atoms with Gasteiger partial charge in [-0.1, -0.05) is 23.8 Å². The summed E-state index contributed by atoms with van der Waals surface area (Å²) < 4.78 is 13.9. The minimum atomic E-state index is -0.615. The molecule has 1 aromatic heterocycles. The Hall–Kier alpha value is -2.26. The van der Waals surface area contributed by atoms with E-state index in [2.05, 4.69) is 21.7 Å². The fourth-order valence-corrected chi connectivity index (χ4v) is 2.68. The molecule has 1 amide bonds. The van der Waals surface area contributed by atoms with Crippen molar-refractivity contribution in [3.63, 3.8) is 0 Å². The monoisotopic (exact) mass is 335 g/mol. The number of hydrogen-bond donors (Lipinski definition) is 2. The Morgan fingerprint density at radius 1 is 1.52 bits per heavy atom. The molecule has 0 atom stereocenters. The molecule has 1 heterocycles. The van der Waals surface area contributed by atoms with Crippen molar-refractivity contribution < 1.29 is 14.3 Å². The van der Waals surface area contributed by atoms with Crippen LogP contribution in [-0.4, -0.2) is 39.2 Å². The number of halogens is 2. The van der Waals surface area contributed by atoms with E-state index in [0.717, 1.165) is 25.3 Å². The van der Waals surface area contributed by atoms with E-state index >= 15 is 0 Å². The number of carbonyl (C=O) groups is 1. The van der Waals surface area contributed by atoms with Crippen molar-refractivity contribution >= 4 is 17.5 Å². The van der Waals surface area contributed by atoms with Crippen LogP contribution in [0.3, 0.4) is 0 Å². The maximum absolute atomic E-state index is 13.9. The van der Waals surface area contributed by atoms with Crippen LogP contribution in [0.2, 0.25) is 5.15 Å². The molecule has 2 aliphatic rings. The molecule has 0 radical (unpaired) electrons. The third kappa shape index (κ3) is 3.57. The average molecular weight is 336 g/mol. The zero-order chi connectivity index (χ0) is 16.4. The van der Waals surface area contributed by atoms with Gasteiger partial charge >= 0.3 is 0 Å². The second-order valence-corrected chi connectivity index (χ2v) is 6.08. The quantitative estimate of drug-likeness (QED) is 0.811. The molecule has 120 valence electrons. The van der Waals surface area contributed by atoms with Crippen LogP contribution in [0.1, 0.15) is 29.8 Å². The van der Waals surface area contributed by atoms with Crippen molar-refractivity contribution in [2.24, 2.45) is 5.92 Å². The highest BCUT2D eigenvalue weighted by molar-refractivity contribution is 6.29. The molecule has 2 aliphatic carbocycles. The molecular weight excluding hydrogens is 321 g/mol. The molecule has 3 rings (SSSR count). The molecule has 2 N–H and O–H groups in total. The molecule has 0 saturated heterocycles. The summed E-state index contributed by atoms with van der Waals surface area (Å²) in [6.45, 7) is 0.582. The molecule has 0 aliphatic heterocycles. The highest BCUT2D eigenvalue weighted by Crippen LogP contribution is 2.28. The first-order chi connectivity index (χ1) is 11.0. The minimum Gasteiger partial charge on any atom is -0.501 e. The van der Waals surface area contributed by atoms with E-state index in [1.165, 1.54) is 6.07 Å². The Bertz CT molecular complexity index is 766. The van der Waals surface area contributed by atoms with Gasteiger partial charge in [0, 0.05) is 18.7 Å². The third-order valence-corrected chi connectivity index (χ3v) is 4.20. The number of H-pyrrole nitrogens is 1. The number of nitrogens with zero attached hydrogens (tertiary/aromatic N) is 2. The zero-order valence-corrected chi connectivity index (χ0v) is 13.0. The SMILES string of the molecule is O=C(c1cc(Cl)n[nH]1)N(CC1=C=C=C(O)C=C1F)CC1CCC1. The van der Waals surface area contributed by atoms with E-state index in [1.54, 1.807) is 4.90 Å². The van der Waals surface area contributed by atoms with Crippen LogP contribution in [0.5, 0.6) is 0 Å². The second kappa shape index (κ2) is 6.47. The van der Waals surface area contributed by atoms with Crippen LogP contribution >= 0.6 is 11.6 Å². The number of rotatable bonds is 5. The Morgan fingerprint density at radius 3 is 2.87 bits per heavy atom. The first-order valence-corrected chi connectivity index (χ1v) is 7.72. The summed E-state index contributed by atoms with van der Waals surface area (Å²) in [4.78, 5) is 14.2. The summed E-state index contributed by atoms with van der Waals surface area (Å²) in [6.07, 6.45) is 4.23. The van der Waals surface area contributed by atoms with Crippen molar-refractivity contribution in [3.8, 4) is 0 Å². The molecule has 0 spiro atoms. The second-order valence-electron chi connectivity index (χ2n) is 5.69. The summed E-state index contributed by atoms with van der Waals surface area (Å²) >= 11 is 5.74. The predicted octanol–water partition coefficient (Wildman–Crippen LogP) is 3.29. The molecular formula is C16H15ClFN3O2. The van der Waals surface area contributed by atoms with Gasteiger partial charge in [-0.2, -0.15) is 5.10 Å². The minimum absolute atomic E-state index is 0.0502. The Kier molecular flexibility index (Phi) is 4.39. The normalized spacial score (nSPS) is 17.2. The number of aliphatic hydroxyl groups excluding tert-OH is 1. The van der Waals surface area contributed by atoms with E-state index in [4.69, 9.17) is 11.6 Å². The number of aromatic nitrogens is 2. The van der Waals surface area contributed by atoms with Crippen molar-refractivity contribution in [3.05, 3.63) is 51.6 Å². The summed E-state index contributed by atoms with van der Waals surface area (Å²) in [7, 11) is 0. The number of amides is 1. The molecule has 0 bridgehead atoms. The Labute approximate surface area is 137 Å². The molecule has 0 unspecified atom stereocenters. The maximum atomic E-state index is 13.9. The highest BCUT2D eigenvalue weighted by Gasteiger charge is 2.27. The van der Waals surface area contributed by atoms with Gasteiger partial charge in [0.2, 0.25) is 0 Å². The van der Waals surface area contributed by atoms with Gasteiger partial charge < -0.3 is 10.0 Å². The lowest BCUT2D eigenvalue weighted by atomic mass is 9.85. The first-order valence-electron chi connectivity index (χ1n) is 7.34. The number of nitrogens with one attached hydrogen (secondary N) is 1. The summed E-state index contributed by atoms with van der Waals surface area (Å²) in [5.74, 6) is -0.808. The van der Waals surface area contributed by atoms with E-state index in [1.807, 2.05) is 0 Å². The van der Waals surface area contributed by atoms with Gasteiger partial charge in [-0.15, -0.1) is 0 Å². The fraction of sp³-hybridized carbons (Fsp3) is 0.375. The maximum Gasteiger partial charge on any atom is 0.272 e. The van der Waals surface area contributed by atoms with Gasteiger partial charge in [0.1, 0.15) is 11.5 Å². The molecule has 0 aromatic carbocycles. The van der Waals surface area contributed by atoms with Crippen LogP contribution < -0.4 is 0 Å². The first kappa shape index (κ1) is 15.6. The number of aliphatic hydroxyl groups is 1. The molecule has 1 aromatic rings. The summed E-state index contributed by atoms with van der Waals surface area (Å²) in [6, 6.07) is 1.45. The van der Waals surface area contributed by atoms with E-state index in [-0.39, 0.29) is 34.6 Å². The van der Waals surface area contributed by atoms with Crippen LogP contribution in [0.25, 0.3) is 0 Å². The van der Waals surface area contributed by atoms with Crippen LogP contribution in [0.15, 0.2) is 40.8 Å². The van der Waals surface area contributed by atoms with Gasteiger partial charge in [0.15, 0.2) is 10.9 Å². The van der Waals surface area contributed by atoms with Gasteiger partial charge in [0.25, 0.3) is 5.91 Å². The predicted molar refractivity (Wildman–Crippen MR) is 82.7 cm³/mol. The lowest BCUT2D eigenvalue weighted by molar-refractivity contribution is 0.0707. The largest absolute Gasteiger partial charge is 0.501 e. The third-order valence-electron chi connectivity index (χ3n) is 4.01. The summed E-state index contributed by atoms with van der Waals surface area (Å²) in [5.41, 5.74) is 5.43. The number of allylic oxidation sites excluding steroid dienone is 1. The molecule has 23 heavy (non-hydrogen) atoms. The van der Waals surface area contributed by atoms with Crippen molar-refractivity contribution in [2.75, 3.05) is 13.1 Å². The van der Waals surface area contributed by atoms with Gasteiger partial charge in [-0.25, -0.2) is 4.39 Å². The highest BCUT2D eigenvalue weighted by atomic mass is 35.5. The van der Waals surface area contributed by atoms with Crippen LogP contribution in [0, 0.1) is 5.92 Å². The zero-order valence-electron chi connectivity index (χ0n) is 12.3. The van der Waals surface area contributed by atoms with Gasteiger partial charge in [-0.3, -0.25) is 9.89 Å². The van der Waals surface area contributed by atoms with Crippen LogP contribution in [-0.2, 0) is 0 Å². The number of aromatic amines is 1. The molecule has 1 fully saturated rings. The van der Waals surface area contributed by atoms with E-state index < -0.39 is 5.83 Å². The molecule has 7 heteroatoms. The molecule has 1 saturated carbocycles. The summed E-state index contributed by atoms with van der Waals surface area (Å²) in [5, 5.41) is 15.7. The fourth-order valence-electron chi connectivity index (χ4n) is 2.53. The van der Waals surface area contributed by atoms with E-state index in [0.29, 0.717) is 12.5 Å². The van der Waals surface area contributed by atoms with Crippen molar-refractivity contribution in [2.45, 2.75) is 19.3 Å². The van der Waals surface area contributed by atoms with Gasteiger partial charge in [0.05, 0.1) is 12.1 Å². The lowest BCUT2D eigenvalue weighted by Crippen LogP contribution is -2.39. The average Bonchev–Trinajstić information content (AvgIpc) is 2.89. The van der Waals surface area contributed by atoms with E-state index in [9.17, 15) is 14.3 Å². The number of hydrogen-bond acceptors (Lipinski definition) is 3. The number of carbonyl (C=O) groups excluding carboxylic acids is 1. The standard InChI is InChI=1S/C16H15ClFN3O2/c17-15-7-14(19-20-15)16(23)21(8-10-2-1-3-10)9-11-4-5-12(22)6-13(11)18/h6-7,10,22H,1-3,8-9H2,(H,19,20). The van der Waals surface area contributed by atoms with Crippen LogP contribution in [0.4, 0.5) is 4.39 Å². The Morgan fingerprint density at radius 2 is 2.30 bits per heavy atom. The van der Waals surface area contributed by atoms with Crippen molar-refractivity contribution in [1.82, 2.24) is 15.1 Å². The molecule has 5 nitrogen and oxygen atoms in total. The van der Waals surface area contributed by atoms with Gasteiger partial charge in [-0.05, 0) is 24.5 Å².